The van der Waals surface area contributed by atoms with Gasteiger partial charge in [-0.3, -0.25) is 4.79 Å². The van der Waals surface area contributed by atoms with E-state index >= 15 is 0 Å². The summed E-state index contributed by atoms with van der Waals surface area (Å²) in [5.74, 6) is 0.441. The van der Waals surface area contributed by atoms with Crippen molar-refractivity contribution >= 4 is 11.6 Å². The van der Waals surface area contributed by atoms with Crippen LogP contribution in [0.1, 0.15) is 38.7 Å². The molecule has 1 aliphatic heterocycles. The third-order valence-corrected chi connectivity index (χ3v) is 4.76. The fourth-order valence-electron chi connectivity index (χ4n) is 3.04. The van der Waals surface area contributed by atoms with Crippen molar-refractivity contribution in [3.63, 3.8) is 0 Å². The van der Waals surface area contributed by atoms with Crippen LogP contribution in [-0.4, -0.2) is 37.0 Å². The first-order valence-corrected chi connectivity index (χ1v) is 8.11. The van der Waals surface area contributed by atoms with Crippen LogP contribution < -0.4 is 4.90 Å². The molecule has 1 fully saturated rings. The van der Waals surface area contributed by atoms with Gasteiger partial charge in [-0.1, -0.05) is 26.0 Å². The van der Waals surface area contributed by atoms with Crippen molar-refractivity contribution in [2.75, 3.05) is 25.0 Å². The lowest BCUT2D eigenvalue weighted by molar-refractivity contribution is -0.136. The lowest BCUT2D eigenvalue weighted by Crippen LogP contribution is -2.47. The molecular weight excluding hydrogens is 260 g/mol. The first kappa shape index (κ1) is 15.9. The molecule has 0 spiro atoms. The molecule has 1 amide bonds. The molecule has 3 nitrogen and oxygen atoms in total. The van der Waals surface area contributed by atoms with E-state index in [2.05, 4.69) is 43.0 Å². The SMILES string of the molecule is CCC(C)C(=O)N(C)C1CCN(c2cccc(C)c2)CC1. The highest BCUT2D eigenvalue weighted by atomic mass is 16.2. The molecule has 2 rings (SSSR count). The monoisotopic (exact) mass is 288 g/mol. The average molecular weight is 288 g/mol. The third-order valence-electron chi connectivity index (χ3n) is 4.76. The Kier molecular flexibility index (Phi) is 5.27. The molecule has 0 aliphatic carbocycles. The van der Waals surface area contributed by atoms with E-state index in [-0.39, 0.29) is 5.92 Å². The number of anilines is 1. The number of hydrogen-bond acceptors (Lipinski definition) is 2. The molecule has 21 heavy (non-hydrogen) atoms. The van der Waals surface area contributed by atoms with E-state index in [0.29, 0.717) is 11.9 Å². The minimum absolute atomic E-state index is 0.143. The Morgan fingerprint density at radius 2 is 2.05 bits per heavy atom. The van der Waals surface area contributed by atoms with Gasteiger partial charge >= 0.3 is 0 Å². The zero-order chi connectivity index (χ0) is 15.4. The van der Waals surface area contributed by atoms with E-state index in [9.17, 15) is 4.79 Å². The summed E-state index contributed by atoms with van der Waals surface area (Å²) >= 11 is 0. The summed E-state index contributed by atoms with van der Waals surface area (Å²) in [5.41, 5.74) is 2.61. The van der Waals surface area contributed by atoms with Gasteiger partial charge in [0.05, 0.1) is 0 Å². The number of piperidine rings is 1. The van der Waals surface area contributed by atoms with Gasteiger partial charge in [-0.15, -0.1) is 0 Å². The van der Waals surface area contributed by atoms with Gasteiger partial charge in [-0.05, 0) is 43.9 Å². The van der Waals surface area contributed by atoms with Gasteiger partial charge < -0.3 is 9.80 Å². The summed E-state index contributed by atoms with van der Waals surface area (Å²) in [7, 11) is 1.97. The highest BCUT2D eigenvalue weighted by Crippen LogP contribution is 2.23. The van der Waals surface area contributed by atoms with Crippen LogP contribution in [-0.2, 0) is 4.79 Å². The van der Waals surface area contributed by atoms with Crippen LogP contribution in [0.3, 0.4) is 0 Å². The Hall–Kier alpha value is -1.51. The molecule has 1 heterocycles. The Morgan fingerprint density at radius 1 is 1.38 bits per heavy atom. The number of benzene rings is 1. The molecule has 1 aromatic carbocycles. The van der Waals surface area contributed by atoms with Gasteiger partial charge in [0.15, 0.2) is 0 Å². The van der Waals surface area contributed by atoms with Crippen molar-refractivity contribution < 1.29 is 4.79 Å². The van der Waals surface area contributed by atoms with Gasteiger partial charge in [-0.25, -0.2) is 0 Å². The number of aryl methyl sites for hydroxylation is 1. The largest absolute Gasteiger partial charge is 0.371 e. The first-order valence-electron chi connectivity index (χ1n) is 8.11. The number of rotatable bonds is 4. The standard InChI is InChI=1S/C18H28N2O/c1-5-15(3)18(21)19(4)16-9-11-20(12-10-16)17-8-6-7-14(2)13-17/h6-8,13,15-16H,5,9-12H2,1-4H3. The lowest BCUT2D eigenvalue weighted by Gasteiger charge is -2.38. The Bertz CT molecular complexity index is 478. The number of carbonyl (C=O) groups is 1. The summed E-state index contributed by atoms with van der Waals surface area (Å²) < 4.78 is 0. The summed E-state index contributed by atoms with van der Waals surface area (Å²) in [6, 6.07) is 9.08. The normalized spacial score (nSPS) is 17.6. The molecule has 1 unspecified atom stereocenters. The van der Waals surface area contributed by atoms with Gasteiger partial charge in [0, 0.05) is 37.8 Å². The van der Waals surface area contributed by atoms with Crippen LogP contribution >= 0.6 is 0 Å². The Morgan fingerprint density at radius 3 is 2.62 bits per heavy atom. The van der Waals surface area contributed by atoms with Crippen molar-refractivity contribution in [1.29, 1.82) is 0 Å². The van der Waals surface area contributed by atoms with Crippen molar-refractivity contribution in [1.82, 2.24) is 4.90 Å². The second kappa shape index (κ2) is 6.97. The molecule has 0 saturated carbocycles. The van der Waals surface area contributed by atoms with Crippen molar-refractivity contribution in [3.8, 4) is 0 Å². The highest BCUT2D eigenvalue weighted by Gasteiger charge is 2.27. The van der Waals surface area contributed by atoms with Gasteiger partial charge in [0.25, 0.3) is 0 Å². The predicted octanol–water partition coefficient (Wildman–Crippen LogP) is 3.47. The molecule has 0 N–H and O–H groups in total. The third kappa shape index (κ3) is 3.78. The molecule has 3 heteroatoms. The minimum Gasteiger partial charge on any atom is -0.371 e. The Balaban J connectivity index is 1.92. The molecule has 116 valence electrons. The van der Waals surface area contributed by atoms with Gasteiger partial charge in [0.2, 0.25) is 5.91 Å². The number of nitrogens with zero attached hydrogens (tertiary/aromatic N) is 2. The van der Waals surface area contributed by atoms with Crippen molar-refractivity contribution in [2.45, 2.75) is 46.1 Å². The van der Waals surface area contributed by atoms with Crippen LogP contribution in [0.4, 0.5) is 5.69 Å². The van der Waals surface area contributed by atoms with E-state index < -0.39 is 0 Å². The smallest absolute Gasteiger partial charge is 0.225 e. The van der Waals surface area contributed by atoms with Crippen LogP contribution in [0.15, 0.2) is 24.3 Å². The predicted molar refractivity (Wildman–Crippen MR) is 88.6 cm³/mol. The average Bonchev–Trinajstić information content (AvgIpc) is 2.53. The van der Waals surface area contributed by atoms with Gasteiger partial charge in [-0.2, -0.15) is 0 Å². The molecule has 0 bridgehead atoms. The summed E-state index contributed by atoms with van der Waals surface area (Å²) in [4.78, 5) is 16.7. The first-order chi connectivity index (χ1) is 10.0. The van der Waals surface area contributed by atoms with Crippen LogP contribution in [0, 0.1) is 12.8 Å². The lowest BCUT2D eigenvalue weighted by atomic mass is 10.00. The molecule has 0 radical (unpaired) electrons. The quantitative estimate of drug-likeness (QED) is 0.847. The van der Waals surface area contributed by atoms with Crippen LogP contribution in [0.25, 0.3) is 0 Å². The number of carbonyl (C=O) groups excluding carboxylic acids is 1. The van der Waals surface area contributed by atoms with E-state index in [4.69, 9.17) is 0 Å². The fraction of sp³-hybridized carbons (Fsp3) is 0.611. The van der Waals surface area contributed by atoms with Crippen molar-refractivity contribution in [2.24, 2.45) is 5.92 Å². The zero-order valence-corrected chi connectivity index (χ0v) is 13.8. The van der Waals surface area contributed by atoms with Crippen molar-refractivity contribution in [3.05, 3.63) is 29.8 Å². The van der Waals surface area contributed by atoms with E-state index in [1.54, 1.807) is 0 Å². The molecule has 0 aromatic heterocycles. The van der Waals surface area contributed by atoms with E-state index in [1.165, 1.54) is 11.3 Å². The Labute approximate surface area is 128 Å². The molecule has 1 saturated heterocycles. The number of hydrogen-bond donors (Lipinski definition) is 0. The minimum atomic E-state index is 0.143. The van der Waals surface area contributed by atoms with E-state index in [0.717, 1.165) is 32.4 Å². The van der Waals surface area contributed by atoms with E-state index in [1.807, 2.05) is 18.9 Å². The maximum atomic E-state index is 12.3. The topological polar surface area (TPSA) is 23.6 Å². The molecule has 1 aromatic rings. The number of amides is 1. The fourth-order valence-corrected chi connectivity index (χ4v) is 3.04. The maximum absolute atomic E-state index is 12.3. The highest BCUT2D eigenvalue weighted by molar-refractivity contribution is 5.78. The zero-order valence-electron chi connectivity index (χ0n) is 13.8. The van der Waals surface area contributed by atoms with Crippen LogP contribution in [0.5, 0.6) is 0 Å². The summed E-state index contributed by atoms with van der Waals surface area (Å²) in [6.07, 6.45) is 3.05. The molecule has 1 atom stereocenters. The second-order valence-electron chi connectivity index (χ2n) is 6.32. The molecular formula is C18H28N2O. The van der Waals surface area contributed by atoms with Crippen LogP contribution in [0.2, 0.25) is 0 Å². The van der Waals surface area contributed by atoms with Gasteiger partial charge in [0.1, 0.15) is 0 Å². The summed E-state index contributed by atoms with van der Waals surface area (Å²) in [5, 5.41) is 0. The summed E-state index contributed by atoms with van der Waals surface area (Å²) in [6.45, 7) is 8.31. The second-order valence-corrected chi connectivity index (χ2v) is 6.32. The maximum Gasteiger partial charge on any atom is 0.225 e. The molecule has 1 aliphatic rings.